The maximum Gasteiger partial charge on any atom is 0.247 e. The summed E-state index contributed by atoms with van der Waals surface area (Å²) in [5, 5.41) is 6.39. The van der Waals surface area contributed by atoms with E-state index in [1.165, 1.54) is 5.57 Å². The summed E-state index contributed by atoms with van der Waals surface area (Å²) in [6.45, 7) is 10.0. The van der Waals surface area contributed by atoms with E-state index in [4.69, 9.17) is 4.42 Å². The fourth-order valence-electron chi connectivity index (χ4n) is 3.26. The zero-order chi connectivity index (χ0) is 15.2. The minimum atomic E-state index is 0.0530. The quantitative estimate of drug-likeness (QED) is 0.823. The van der Waals surface area contributed by atoms with Crippen molar-refractivity contribution in [1.82, 2.24) is 10.6 Å². The Kier molecular flexibility index (Phi) is 3.44. The molecule has 0 spiro atoms. The Balaban J connectivity index is 1.83. The number of aryl methyl sites for hydroxylation is 1. The Morgan fingerprint density at radius 1 is 1.43 bits per heavy atom. The first-order chi connectivity index (χ1) is 9.85. The van der Waals surface area contributed by atoms with Crippen LogP contribution in [0, 0.1) is 12.3 Å². The molecule has 1 unspecified atom stereocenters. The number of carbonyl (C=O) groups is 1. The van der Waals surface area contributed by atoms with Crippen molar-refractivity contribution in [3.8, 4) is 0 Å². The molecule has 1 aliphatic heterocycles. The van der Waals surface area contributed by atoms with E-state index in [9.17, 15) is 4.79 Å². The van der Waals surface area contributed by atoms with Crippen LogP contribution in [0.4, 0.5) is 0 Å². The highest BCUT2D eigenvalue weighted by molar-refractivity contribution is 5.94. The van der Waals surface area contributed by atoms with Crippen molar-refractivity contribution < 1.29 is 9.21 Å². The summed E-state index contributed by atoms with van der Waals surface area (Å²) in [4.78, 5) is 12.4. The molecule has 2 heterocycles. The van der Waals surface area contributed by atoms with E-state index >= 15 is 0 Å². The molecule has 0 radical (unpaired) electrons. The van der Waals surface area contributed by atoms with Gasteiger partial charge >= 0.3 is 0 Å². The summed E-state index contributed by atoms with van der Waals surface area (Å²) in [6, 6.07) is 2.13. The molecule has 0 aromatic carbocycles. The van der Waals surface area contributed by atoms with Crippen molar-refractivity contribution in [3.05, 3.63) is 34.3 Å². The van der Waals surface area contributed by atoms with Gasteiger partial charge in [0.05, 0.1) is 6.04 Å². The second-order valence-corrected chi connectivity index (χ2v) is 7.14. The third-order valence-corrected chi connectivity index (χ3v) is 4.59. The first-order valence-corrected chi connectivity index (χ1v) is 7.65. The third-order valence-electron chi connectivity index (χ3n) is 4.59. The van der Waals surface area contributed by atoms with Gasteiger partial charge in [0.25, 0.3) is 0 Å². The Labute approximate surface area is 126 Å². The largest absolute Gasteiger partial charge is 0.466 e. The van der Waals surface area contributed by atoms with Crippen molar-refractivity contribution >= 4 is 5.91 Å². The van der Waals surface area contributed by atoms with Gasteiger partial charge in [-0.25, -0.2) is 0 Å². The smallest absolute Gasteiger partial charge is 0.247 e. The number of amides is 1. The van der Waals surface area contributed by atoms with E-state index in [-0.39, 0.29) is 17.4 Å². The zero-order valence-corrected chi connectivity index (χ0v) is 13.3. The summed E-state index contributed by atoms with van der Waals surface area (Å²) >= 11 is 0. The molecule has 21 heavy (non-hydrogen) atoms. The van der Waals surface area contributed by atoms with E-state index in [2.05, 4.69) is 30.5 Å². The maximum atomic E-state index is 12.4. The van der Waals surface area contributed by atoms with E-state index in [0.29, 0.717) is 0 Å². The van der Waals surface area contributed by atoms with Crippen molar-refractivity contribution in [1.29, 1.82) is 0 Å². The van der Waals surface area contributed by atoms with Gasteiger partial charge in [-0.2, -0.15) is 0 Å². The molecule has 2 N–H and O–H groups in total. The van der Waals surface area contributed by atoms with Gasteiger partial charge in [-0.3, -0.25) is 4.79 Å². The molecule has 1 aliphatic carbocycles. The molecular weight excluding hydrogens is 264 g/mol. The molecule has 0 saturated carbocycles. The van der Waals surface area contributed by atoms with Crippen LogP contribution >= 0.6 is 0 Å². The first kappa shape index (κ1) is 14.4. The van der Waals surface area contributed by atoms with Gasteiger partial charge in [-0.1, -0.05) is 13.8 Å². The van der Waals surface area contributed by atoms with Gasteiger partial charge in [-0.15, -0.1) is 0 Å². The van der Waals surface area contributed by atoms with Crippen LogP contribution in [0.25, 0.3) is 0 Å². The Morgan fingerprint density at radius 2 is 2.14 bits per heavy atom. The van der Waals surface area contributed by atoms with Crippen molar-refractivity contribution in [2.45, 2.75) is 46.6 Å². The normalized spacial score (nSPS) is 23.2. The molecular formula is C17H24N2O2. The van der Waals surface area contributed by atoms with Crippen LogP contribution in [0.2, 0.25) is 0 Å². The number of nitrogens with one attached hydrogen (secondary N) is 2. The van der Waals surface area contributed by atoms with Crippen LogP contribution in [-0.2, 0) is 11.2 Å². The average Bonchev–Trinajstić information content (AvgIpc) is 2.65. The fourth-order valence-corrected chi connectivity index (χ4v) is 3.26. The Morgan fingerprint density at radius 3 is 2.76 bits per heavy atom. The van der Waals surface area contributed by atoms with Crippen LogP contribution in [0.5, 0.6) is 0 Å². The Bertz CT molecular complexity index is 604. The van der Waals surface area contributed by atoms with Gasteiger partial charge in [-0.05, 0) is 37.3 Å². The van der Waals surface area contributed by atoms with Crippen LogP contribution < -0.4 is 10.6 Å². The molecule has 2 aliphatic rings. The van der Waals surface area contributed by atoms with Crippen LogP contribution in [-0.4, -0.2) is 19.0 Å². The highest BCUT2D eigenvalue weighted by Gasteiger charge is 2.35. The molecule has 1 aromatic heterocycles. The van der Waals surface area contributed by atoms with Crippen molar-refractivity contribution in [2.75, 3.05) is 13.1 Å². The maximum absolute atomic E-state index is 12.4. The molecule has 0 bridgehead atoms. The molecule has 1 atom stereocenters. The molecule has 1 amide bonds. The average molecular weight is 288 g/mol. The minimum Gasteiger partial charge on any atom is -0.466 e. The van der Waals surface area contributed by atoms with Gasteiger partial charge in [0.15, 0.2) is 0 Å². The summed E-state index contributed by atoms with van der Waals surface area (Å²) in [5.41, 5.74) is 3.38. The lowest BCUT2D eigenvalue weighted by atomic mass is 9.74. The Hall–Kier alpha value is -1.55. The second-order valence-electron chi connectivity index (χ2n) is 7.14. The standard InChI is InChI=1S/C17H24N2O2/c1-10-5-13-14(6-17(3,4)7-15(13)21-10)19-16(20)11(2)12-8-18-9-12/h5,14,18H,6-9H2,1-4H3,(H,19,20). The number of furan rings is 1. The molecule has 114 valence electrons. The lowest BCUT2D eigenvalue weighted by molar-refractivity contribution is -0.118. The number of rotatable bonds is 2. The molecule has 1 aromatic rings. The highest BCUT2D eigenvalue weighted by Crippen LogP contribution is 2.42. The SMILES string of the molecule is CC(C(=O)NC1CC(C)(C)Cc2oc(C)cc21)=C1CNC1. The minimum absolute atomic E-state index is 0.0530. The summed E-state index contributed by atoms with van der Waals surface area (Å²) in [7, 11) is 0. The van der Waals surface area contributed by atoms with Crippen LogP contribution in [0.1, 0.15) is 50.3 Å². The van der Waals surface area contributed by atoms with Gasteiger partial charge < -0.3 is 15.1 Å². The van der Waals surface area contributed by atoms with Crippen molar-refractivity contribution in [2.24, 2.45) is 5.41 Å². The molecule has 4 nitrogen and oxygen atoms in total. The highest BCUT2D eigenvalue weighted by atomic mass is 16.3. The lowest BCUT2D eigenvalue weighted by Gasteiger charge is -2.35. The third kappa shape index (κ3) is 2.77. The van der Waals surface area contributed by atoms with Gasteiger partial charge in [0.2, 0.25) is 5.91 Å². The topological polar surface area (TPSA) is 54.3 Å². The van der Waals surface area contributed by atoms with E-state index in [1.54, 1.807) is 0 Å². The van der Waals surface area contributed by atoms with Gasteiger partial charge in [0, 0.05) is 30.6 Å². The lowest BCUT2D eigenvalue weighted by Crippen LogP contribution is -2.40. The second kappa shape index (κ2) is 5.02. The first-order valence-electron chi connectivity index (χ1n) is 7.65. The zero-order valence-electron chi connectivity index (χ0n) is 13.3. The van der Waals surface area contributed by atoms with Crippen LogP contribution in [0.15, 0.2) is 21.6 Å². The predicted molar refractivity (Wildman–Crippen MR) is 82.0 cm³/mol. The molecule has 3 rings (SSSR count). The number of fused-ring (bicyclic) bond motifs is 1. The summed E-state index contributed by atoms with van der Waals surface area (Å²) in [6.07, 6.45) is 1.89. The van der Waals surface area contributed by atoms with Crippen molar-refractivity contribution in [3.63, 3.8) is 0 Å². The fraction of sp³-hybridized carbons (Fsp3) is 0.588. The predicted octanol–water partition coefficient (Wildman–Crippen LogP) is 2.64. The number of carbonyl (C=O) groups excluding carboxylic acids is 1. The number of hydrogen-bond acceptors (Lipinski definition) is 3. The number of hydrogen-bond donors (Lipinski definition) is 2. The summed E-state index contributed by atoms with van der Waals surface area (Å²) in [5.74, 6) is 2.01. The van der Waals surface area contributed by atoms with E-state index in [0.717, 1.165) is 48.6 Å². The van der Waals surface area contributed by atoms with E-state index < -0.39 is 0 Å². The van der Waals surface area contributed by atoms with Gasteiger partial charge in [0.1, 0.15) is 11.5 Å². The van der Waals surface area contributed by atoms with Crippen LogP contribution in [0.3, 0.4) is 0 Å². The summed E-state index contributed by atoms with van der Waals surface area (Å²) < 4.78 is 5.82. The molecule has 1 saturated heterocycles. The molecule has 1 fully saturated rings. The van der Waals surface area contributed by atoms with E-state index in [1.807, 2.05) is 13.8 Å². The monoisotopic (exact) mass is 288 g/mol. The molecule has 4 heteroatoms.